The van der Waals surface area contributed by atoms with Crippen LogP contribution in [0.15, 0.2) is 24.4 Å². The van der Waals surface area contributed by atoms with Crippen LogP contribution >= 0.6 is 0 Å². The van der Waals surface area contributed by atoms with Crippen molar-refractivity contribution in [2.24, 2.45) is 0 Å². The Bertz CT molecular complexity index is 287. The normalized spacial score (nSPS) is 12.1. The van der Waals surface area contributed by atoms with Crippen molar-refractivity contribution >= 4 is 5.91 Å². The van der Waals surface area contributed by atoms with Gasteiger partial charge in [0.2, 0.25) is 5.91 Å². The third-order valence-electron chi connectivity index (χ3n) is 1.78. The maximum absolute atomic E-state index is 11.2. The van der Waals surface area contributed by atoms with Crippen molar-refractivity contribution in [2.45, 2.75) is 13.0 Å². The summed E-state index contributed by atoms with van der Waals surface area (Å²) in [5.41, 5.74) is 0.844. The molecule has 1 heterocycles. The fraction of sp³-hybridized carbons (Fsp3) is 0.400. The number of aromatic nitrogens is 1. The number of pyridine rings is 1. The predicted octanol–water partition coefficient (Wildman–Crippen LogP) is 0.905. The Labute approximate surface area is 83.3 Å². The van der Waals surface area contributed by atoms with E-state index >= 15 is 0 Å². The van der Waals surface area contributed by atoms with Gasteiger partial charge in [-0.15, -0.1) is 0 Å². The van der Waals surface area contributed by atoms with E-state index in [2.05, 4.69) is 10.3 Å². The Hall–Kier alpha value is -1.42. The van der Waals surface area contributed by atoms with Gasteiger partial charge in [0.15, 0.2) is 0 Å². The minimum atomic E-state index is -0.134. The van der Waals surface area contributed by atoms with E-state index in [0.717, 1.165) is 5.69 Å². The molecule has 1 aromatic rings. The van der Waals surface area contributed by atoms with Crippen LogP contribution in [0.2, 0.25) is 0 Å². The molecule has 14 heavy (non-hydrogen) atoms. The Balaban J connectivity index is 2.50. The molecule has 0 saturated heterocycles. The van der Waals surface area contributed by atoms with Gasteiger partial charge in [0, 0.05) is 13.3 Å². The Morgan fingerprint density at radius 3 is 3.00 bits per heavy atom. The summed E-state index contributed by atoms with van der Waals surface area (Å²) in [4.78, 5) is 15.3. The first-order valence-electron chi connectivity index (χ1n) is 4.43. The molecule has 76 valence electrons. The quantitative estimate of drug-likeness (QED) is 0.775. The van der Waals surface area contributed by atoms with Crippen LogP contribution in [0.4, 0.5) is 0 Å². The first-order chi connectivity index (χ1) is 6.74. The standard InChI is InChI=1S/C10H14N2O2/c1-8(12-10(13)7-14-2)9-5-3-4-6-11-9/h3-6,8H,7H2,1-2H3,(H,12,13). The summed E-state index contributed by atoms with van der Waals surface area (Å²) in [6.07, 6.45) is 1.70. The van der Waals surface area contributed by atoms with E-state index in [1.807, 2.05) is 25.1 Å². The second-order valence-corrected chi connectivity index (χ2v) is 2.98. The first kappa shape index (κ1) is 10.7. The average molecular weight is 194 g/mol. The number of nitrogens with zero attached hydrogens (tertiary/aromatic N) is 1. The molecule has 4 nitrogen and oxygen atoms in total. The van der Waals surface area contributed by atoms with Gasteiger partial charge in [0.25, 0.3) is 0 Å². The van der Waals surface area contributed by atoms with Crippen molar-refractivity contribution in [3.05, 3.63) is 30.1 Å². The molecule has 0 bridgehead atoms. The van der Waals surface area contributed by atoms with E-state index in [1.54, 1.807) is 6.20 Å². The number of methoxy groups -OCH3 is 1. The van der Waals surface area contributed by atoms with Crippen molar-refractivity contribution in [3.63, 3.8) is 0 Å². The highest BCUT2D eigenvalue weighted by Crippen LogP contribution is 2.06. The van der Waals surface area contributed by atoms with Crippen molar-refractivity contribution in [2.75, 3.05) is 13.7 Å². The molecule has 1 atom stereocenters. The second kappa shape index (κ2) is 5.34. The van der Waals surface area contributed by atoms with Crippen LogP contribution in [0.3, 0.4) is 0 Å². The van der Waals surface area contributed by atoms with Crippen LogP contribution in [-0.4, -0.2) is 24.6 Å². The number of carbonyl (C=O) groups excluding carboxylic acids is 1. The fourth-order valence-corrected chi connectivity index (χ4v) is 1.12. The molecular weight excluding hydrogens is 180 g/mol. The van der Waals surface area contributed by atoms with Crippen molar-refractivity contribution in [1.29, 1.82) is 0 Å². The molecule has 4 heteroatoms. The van der Waals surface area contributed by atoms with E-state index < -0.39 is 0 Å². The lowest BCUT2D eigenvalue weighted by molar-refractivity contribution is -0.125. The number of nitrogens with one attached hydrogen (secondary N) is 1. The minimum Gasteiger partial charge on any atom is -0.375 e. The van der Waals surface area contributed by atoms with Gasteiger partial charge < -0.3 is 10.1 Å². The molecule has 0 saturated carbocycles. The van der Waals surface area contributed by atoms with Crippen LogP contribution in [0, 0.1) is 0 Å². The number of carbonyl (C=O) groups is 1. The largest absolute Gasteiger partial charge is 0.375 e. The fourth-order valence-electron chi connectivity index (χ4n) is 1.12. The topological polar surface area (TPSA) is 51.2 Å². The number of amides is 1. The summed E-state index contributed by atoms with van der Waals surface area (Å²) in [7, 11) is 1.49. The smallest absolute Gasteiger partial charge is 0.246 e. The highest BCUT2D eigenvalue weighted by molar-refractivity contribution is 5.77. The lowest BCUT2D eigenvalue weighted by Crippen LogP contribution is -2.30. The van der Waals surface area contributed by atoms with Gasteiger partial charge in [-0.3, -0.25) is 9.78 Å². The second-order valence-electron chi connectivity index (χ2n) is 2.98. The van der Waals surface area contributed by atoms with Gasteiger partial charge >= 0.3 is 0 Å². The predicted molar refractivity (Wildman–Crippen MR) is 52.7 cm³/mol. The summed E-state index contributed by atoms with van der Waals surface area (Å²) in [6.45, 7) is 1.97. The van der Waals surface area contributed by atoms with Crippen LogP contribution in [0.25, 0.3) is 0 Å². The van der Waals surface area contributed by atoms with Gasteiger partial charge in [-0.05, 0) is 19.1 Å². The lowest BCUT2D eigenvalue weighted by atomic mass is 10.2. The van der Waals surface area contributed by atoms with E-state index in [9.17, 15) is 4.79 Å². The van der Waals surface area contributed by atoms with Crippen molar-refractivity contribution in [1.82, 2.24) is 10.3 Å². The van der Waals surface area contributed by atoms with Crippen LogP contribution < -0.4 is 5.32 Å². The van der Waals surface area contributed by atoms with Crippen LogP contribution in [0.1, 0.15) is 18.7 Å². The SMILES string of the molecule is COCC(=O)NC(C)c1ccccn1. The van der Waals surface area contributed by atoms with Crippen LogP contribution in [-0.2, 0) is 9.53 Å². The van der Waals surface area contributed by atoms with Gasteiger partial charge in [-0.1, -0.05) is 6.07 Å². The molecule has 1 rings (SSSR count). The molecule has 0 aliphatic rings. The molecule has 0 fully saturated rings. The van der Waals surface area contributed by atoms with Crippen LogP contribution in [0.5, 0.6) is 0 Å². The van der Waals surface area contributed by atoms with Gasteiger partial charge in [-0.2, -0.15) is 0 Å². The van der Waals surface area contributed by atoms with Crippen molar-refractivity contribution < 1.29 is 9.53 Å². The van der Waals surface area contributed by atoms with Gasteiger partial charge in [-0.25, -0.2) is 0 Å². The van der Waals surface area contributed by atoms with Gasteiger partial charge in [0.1, 0.15) is 6.61 Å². The molecule has 0 aliphatic carbocycles. The summed E-state index contributed by atoms with van der Waals surface area (Å²) < 4.78 is 4.71. The number of hydrogen-bond donors (Lipinski definition) is 1. The molecule has 0 spiro atoms. The maximum atomic E-state index is 11.2. The Kier molecular flexibility index (Phi) is 4.07. The Morgan fingerprint density at radius 2 is 2.43 bits per heavy atom. The molecule has 1 unspecified atom stereocenters. The zero-order valence-electron chi connectivity index (χ0n) is 8.36. The van der Waals surface area contributed by atoms with E-state index in [-0.39, 0.29) is 18.6 Å². The van der Waals surface area contributed by atoms with E-state index in [1.165, 1.54) is 7.11 Å². The third-order valence-corrected chi connectivity index (χ3v) is 1.78. The average Bonchev–Trinajstić information content (AvgIpc) is 2.19. The van der Waals surface area contributed by atoms with Crippen molar-refractivity contribution in [3.8, 4) is 0 Å². The summed E-state index contributed by atoms with van der Waals surface area (Å²) in [6, 6.07) is 5.52. The number of ether oxygens (including phenoxy) is 1. The maximum Gasteiger partial charge on any atom is 0.246 e. The number of rotatable bonds is 4. The first-order valence-corrected chi connectivity index (χ1v) is 4.43. The van der Waals surface area contributed by atoms with Gasteiger partial charge in [0.05, 0.1) is 11.7 Å². The van der Waals surface area contributed by atoms with E-state index in [0.29, 0.717) is 0 Å². The highest BCUT2D eigenvalue weighted by atomic mass is 16.5. The summed E-state index contributed by atoms with van der Waals surface area (Å²) >= 11 is 0. The molecular formula is C10H14N2O2. The zero-order valence-corrected chi connectivity index (χ0v) is 8.36. The molecule has 1 aromatic heterocycles. The highest BCUT2D eigenvalue weighted by Gasteiger charge is 2.09. The molecule has 0 aromatic carbocycles. The Morgan fingerprint density at radius 1 is 1.64 bits per heavy atom. The number of hydrogen-bond acceptors (Lipinski definition) is 3. The van der Waals surface area contributed by atoms with E-state index in [4.69, 9.17) is 4.74 Å². The lowest BCUT2D eigenvalue weighted by Gasteiger charge is -2.12. The zero-order chi connectivity index (χ0) is 10.4. The molecule has 0 radical (unpaired) electrons. The minimum absolute atomic E-state index is 0.0805. The molecule has 1 amide bonds. The molecule has 1 N–H and O–H groups in total. The summed E-state index contributed by atoms with van der Waals surface area (Å²) in [5.74, 6) is -0.134. The summed E-state index contributed by atoms with van der Waals surface area (Å²) in [5, 5.41) is 2.77. The molecule has 0 aliphatic heterocycles. The third kappa shape index (κ3) is 3.14. The monoisotopic (exact) mass is 194 g/mol.